The van der Waals surface area contributed by atoms with Crippen molar-refractivity contribution in [3.8, 4) is 11.5 Å². The summed E-state index contributed by atoms with van der Waals surface area (Å²) in [5.74, 6) is 0.0433. The first-order valence-electron chi connectivity index (χ1n) is 12.4. The number of hydrogen-bond acceptors (Lipinski definition) is 6. The smallest absolute Gasteiger partial charge is 0.295 e. The molecule has 7 heteroatoms. The van der Waals surface area contributed by atoms with Crippen LogP contribution in [0.25, 0.3) is 5.76 Å². The molecule has 0 radical (unpaired) electrons. The Labute approximate surface area is 205 Å². The molecule has 2 aromatic rings. The number of rotatable bonds is 7. The molecular weight excluding hydrogens is 446 g/mol. The van der Waals surface area contributed by atoms with E-state index in [1.54, 1.807) is 11.0 Å². The van der Waals surface area contributed by atoms with Gasteiger partial charge in [0.2, 0.25) is 0 Å². The predicted octanol–water partition coefficient (Wildman–Crippen LogP) is 4.40. The number of benzene rings is 2. The number of carbonyl (C=O) groups excluding carboxylic acids is 2. The first-order chi connectivity index (χ1) is 17.0. The molecule has 3 heterocycles. The van der Waals surface area contributed by atoms with Crippen LogP contribution in [0.15, 0.2) is 48.0 Å². The molecule has 0 unspecified atom stereocenters. The molecule has 1 amide bonds. The standard InChI is InChI=1S/C28H31NO6/c1-3-12-33-21-9-6-18(7-10-21)25-24(27(31)28(32)29(25)16-22-5-4-13-34-22)26(30)19-8-11-23-20(15-19)14-17(2)35-23/h6-11,15,17,22,25,30H,3-5,12-14,16H2,1-2H3/t17-,22-,25-/m1/s1. The summed E-state index contributed by atoms with van der Waals surface area (Å²) in [6.07, 6.45) is 3.33. The number of aliphatic hydroxyl groups is 1. The van der Waals surface area contributed by atoms with Crippen LogP contribution >= 0.6 is 0 Å². The lowest BCUT2D eigenvalue weighted by Gasteiger charge is -2.27. The van der Waals surface area contributed by atoms with E-state index in [2.05, 4.69) is 0 Å². The van der Waals surface area contributed by atoms with Gasteiger partial charge in [-0.3, -0.25) is 9.59 Å². The third kappa shape index (κ3) is 4.52. The SMILES string of the molecule is CCCOc1ccc([C@@H]2C(=C(O)c3ccc4c(c3)C[C@@H](C)O4)C(=O)C(=O)N2C[C@H]2CCCO2)cc1. The van der Waals surface area contributed by atoms with Gasteiger partial charge in [-0.25, -0.2) is 0 Å². The van der Waals surface area contributed by atoms with E-state index in [1.807, 2.05) is 50.2 Å². The fourth-order valence-corrected chi connectivity index (χ4v) is 5.11. The number of ketones is 1. The highest BCUT2D eigenvalue weighted by Gasteiger charge is 2.47. The van der Waals surface area contributed by atoms with Crippen LogP contribution in [0.1, 0.15) is 55.8 Å². The summed E-state index contributed by atoms with van der Waals surface area (Å²) in [4.78, 5) is 28.0. The highest BCUT2D eigenvalue weighted by atomic mass is 16.5. The highest BCUT2D eigenvalue weighted by molar-refractivity contribution is 6.46. The number of fused-ring (bicyclic) bond motifs is 1. The Hall–Kier alpha value is -3.32. The Morgan fingerprint density at radius 2 is 1.97 bits per heavy atom. The van der Waals surface area contributed by atoms with E-state index in [1.165, 1.54) is 0 Å². The van der Waals surface area contributed by atoms with Crippen molar-refractivity contribution in [1.29, 1.82) is 0 Å². The molecule has 7 nitrogen and oxygen atoms in total. The van der Waals surface area contributed by atoms with Crippen LogP contribution in [-0.2, 0) is 20.7 Å². The minimum absolute atomic E-state index is 0.0628. The summed E-state index contributed by atoms with van der Waals surface area (Å²) >= 11 is 0. The number of Topliss-reactive ketones (excluding diaryl/α,β-unsaturated/α-hetero) is 1. The fourth-order valence-electron chi connectivity index (χ4n) is 5.11. The third-order valence-corrected chi connectivity index (χ3v) is 6.80. The zero-order valence-corrected chi connectivity index (χ0v) is 20.2. The zero-order chi connectivity index (χ0) is 24.5. The summed E-state index contributed by atoms with van der Waals surface area (Å²) < 4.78 is 17.2. The van der Waals surface area contributed by atoms with Gasteiger partial charge in [-0.15, -0.1) is 0 Å². The van der Waals surface area contributed by atoms with Gasteiger partial charge in [0.05, 0.1) is 24.3 Å². The summed E-state index contributed by atoms with van der Waals surface area (Å²) in [7, 11) is 0. The topological polar surface area (TPSA) is 85.3 Å². The van der Waals surface area contributed by atoms with E-state index < -0.39 is 17.7 Å². The number of nitrogens with zero attached hydrogens (tertiary/aromatic N) is 1. The quantitative estimate of drug-likeness (QED) is 0.362. The maximum absolute atomic E-state index is 13.3. The van der Waals surface area contributed by atoms with Crippen molar-refractivity contribution < 1.29 is 28.9 Å². The van der Waals surface area contributed by atoms with Crippen LogP contribution in [0.3, 0.4) is 0 Å². The minimum Gasteiger partial charge on any atom is -0.507 e. The number of amides is 1. The molecule has 3 aliphatic rings. The second-order valence-corrected chi connectivity index (χ2v) is 9.46. The first-order valence-corrected chi connectivity index (χ1v) is 12.4. The predicted molar refractivity (Wildman–Crippen MR) is 130 cm³/mol. The van der Waals surface area contributed by atoms with Crippen LogP contribution in [0, 0.1) is 0 Å². The summed E-state index contributed by atoms with van der Waals surface area (Å²) in [6.45, 7) is 5.59. The second-order valence-electron chi connectivity index (χ2n) is 9.46. The van der Waals surface area contributed by atoms with Gasteiger partial charge >= 0.3 is 0 Å². The van der Waals surface area contributed by atoms with E-state index in [4.69, 9.17) is 14.2 Å². The molecule has 184 valence electrons. The molecule has 1 N–H and O–H groups in total. The van der Waals surface area contributed by atoms with Crippen molar-refractivity contribution in [3.63, 3.8) is 0 Å². The van der Waals surface area contributed by atoms with Crippen LogP contribution in [-0.4, -0.2) is 53.7 Å². The molecule has 3 aliphatic heterocycles. The average molecular weight is 478 g/mol. The molecule has 2 saturated heterocycles. The van der Waals surface area contributed by atoms with Crippen molar-refractivity contribution in [2.75, 3.05) is 19.8 Å². The van der Waals surface area contributed by atoms with Crippen LogP contribution in [0.5, 0.6) is 11.5 Å². The molecule has 0 aliphatic carbocycles. The van der Waals surface area contributed by atoms with Crippen molar-refractivity contribution in [1.82, 2.24) is 4.90 Å². The van der Waals surface area contributed by atoms with Gasteiger partial charge in [-0.1, -0.05) is 19.1 Å². The highest BCUT2D eigenvalue weighted by Crippen LogP contribution is 2.41. The molecule has 5 rings (SSSR count). The third-order valence-electron chi connectivity index (χ3n) is 6.80. The van der Waals surface area contributed by atoms with Gasteiger partial charge in [0, 0.05) is 25.1 Å². The van der Waals surface area contributed by atoms with E-state index in [-0.39, 0.29) is 23.5 Å². The average Bonchev–Trinajstić information content (AvgIpc) is 3.57. The van der Waals surface area contributed by atoms with Crippen molar-refractivity contribution in [2.45, 2.75) is 57.8 Å². The number of hydrogen-bond donors (Lipinski definition) is 1. The lowest BCUT2D eigenvalue weighted by atomic mass is 9.94. The largest absolute Gasteiger partial charge is 0.507 e. The Balaban J connectivity index is 1.55. The fraction of sp³-hybridized carbons (Fsp3) is 0.429. The van der Waals surface area contributed by atoms with E-state index in [0.29, 0.717) is 25.3 Å². The molecular formula is C28H31NO6. The number of carbonyl (C=O) groups is 2. The molecule has 2 fully saturated rings. The Morgan fingerprint density at radius 1 is 1.17 bits per heavy atom. The van der Waals surface area contributed by atoms with Crippen molar-refractivity contribution >= 4 is 17.4 Å². The lowest BCUT2D eigenvalue weighted by Crippen LogP contribution is -2.36. The monoisotopic (exact) mass is 477 g/mol. The lowest BCUT2D eigenvalue weighted by molar-refractivity contribution is -0.140. The second kappa shape index (κ2) is 9.74. The summed E-state index contributed by atoms with van der Waals surface area (Å²) in [5, 5.41) is 11.4. The summed E-state index contributed by atoms with van der Waals surface area (Å²) in [6, 6.07) is 12.1. The van der Waals surface area contributed by atoms with Gasteiger partial charge in [-0.2, -0.15) is 0 Å². The van der Waals surface area contributed by atoms with E-state index >= 15 is 0 Å². The molecule has 0 bridgehead atoms. The first kappa shape index (κ1) is 23.4. The van der Waals surface area contributed by atoms with Crippen LogP contribution in [0.2, 0.25) is 0 Å². The normalized spacial score (nSPS) is 25.1. The summed E-state index contributed by atoms with van der Waals surface area (Å²) in [5.41, 5.74) is 2.32. The Morgan fingerprint density at radius 3 is 2.69 bits per heavy atom. The van der Waals surface area contributed by atoms with Crippen LogP contribution in [0.4, 0.5) is 0 Å². The molecule has 0 aromatic heterocycles. The number of likely N-dealkylation sites (tertiary alicyclic amines) is 1. The van der Waals surface area contributed by atoms with Gasteiger partial charge in [0.25, 0.3) is 11.7 Å². The molecule has 3 atom stereocenters. The number of ether oxygens (including phenoxy) is 3. The van der Waals surface area contributed by atoms with Crippen molar-refractivity contribution in [3.05, 3.63) is 64.7 Å². The van der Waals surface area contributed by atoms with Gasteiger partial charge in [-0.05, 0) is 67.6 Å². The van der Waals surface area contributed by atoms with Gasteiger partial charge in [0.1, 0.15) is 23.4 Å². The number of aliphatic hydroxyl groups excluding tert-OH is 1. The van der Waals surface area contributed by atoms with E-state index in [9.17, 15) is 14.7 Å². The zero-order valence-electron chi connectivity index (χ0n) is 20.2. The Bertz CT molecular complexity index is 1150. The molecule has 35 heavy (non-hydrogen) atoms. The van der Waals surface area contributed by atoms with E-state index in [0.717, 1.165) is 48.3 Å². The van der Waals surface area contributed by atoms with Crippen molar-refractivity contribution in [2.24, 2.45) is 0 Å². The van der Waals surface area contributed by atoms with Gasteiger partial charge < -0.3 is 24.2 Å². The maximum atomic E-state index is 13.3. The minimum atomic E-state index is -0.706. The molecule has 2 aromatic carbocycles. The van der Waals surface area contributed by atoms with Gasteiger partial charge in [0.15, 0.2) is 0 Å². The van der Waals surface area contributed by atoms with Crippen LogP contribution < -0.4 is 9.47 Å². The maximum Gasteiger partial charge on any atom is 0.295 e. The Kier molecular flexibility index (Phi) is 6.52. The molecule has 0 saturated carbocycles. The molecule has 0 spiro atoms.